The lowest BCUT2D eigenvalue weighted by Gasteiger charge is -2.35. The van der Waals surface area contributed by atoms with Crippen LogP contribution in [0.15, 0.2) is 24.3 Å². The molecule has 0 unspecified atom stereocenters. The molecule has 1 amide bonds. The number of carbonyl (C=O) groups is 1. The first-order chi connectivity index (χ1) is 10.0. The van der Waals surface area contributed by atoms with E-state index in [4.69, 9.17) is 11.6 Å². The van der Waals surface area contributed by atoms with Crippen molar-refractivity contribution in [3.63, 3.8) is 0 Å². The van der Waals surface area contributed by atoms with E-state index in [2.05, 4.69) is 18.7 Å². The Labute approximate surface area is 132 Å². The Kier molecular flexibility index (Phi) is 6.07. The maximum Gasteiger partial charge on any atom is 0.227 e. The van der Waals surface area contributed by atoms with Crippen molar-refractivity contribution < 1.29 is 4.79 Å². The van der Waals surface area contributed by atoms with E-state index in [9.17, 15) is 4.79 Å². The Morgan fingerprint density at radius 2 is 1.76 bits per heavy atom. The number of hydrogen-bond donors (Lipinski definition) is 0. The predicted molar refractivity (Wildman–Crippen MR) is 87.6 cm³/mol. The Morgan fingerprint density at radius 1 is 1.14 bits per heavy atom. The highest BCUT2D eigenvalue weighted by molar-refractivity contribution is 6.30. The largest absolute Gasteiger partial charge is 0.340 e. The normalized spacial score (nSPS) is 16.5. The van der Waals surface area contributed by atoms with Gasteiger partial charge < -0.3 is 4.90 Å². The minimum atomic E-state index is 0.223. The summed E-state index contributed by atoms with van der Waals surface area (Å²) in [6.45, 7) is 9.36. The molecule has 4 heteroatoms. The van der Waals surface area contributed by atoms with Gasteiger partial charge in [-0.25, -0.2) is 0 Å². The number of hydrogen-bond acceptors (Lipinski definition) is 2. The zero-order valence-corrected chi connectivity index (χ0v) is 13.8. The first-order valence-electron chi connectivity index (χ1n) is 7.79. The number of nitrogens with zero attached hydrogens (tertiary/aromatic N) is 2. The van der Waals surface area contributed by atoms with E-state index >= 15 is 0 Å². The third-order valence-corrected chi connectivity index (χ3v) is 4.27. The standard InChI is InChI=1S/C17H25ClN2O/c1-14(2)7-8-19-9-11-20(12-10-19)17(21)13-15-3-5-16(18)6-4-15/h3-6,14H,7-13H2,1-2H3. The van der Waals surface area contributed by atoms with Gasteiger partial charge in [0.15, 0.2) is 0 Å². The number of rotatable bonds is 5. The highest BCUT2D eigenvalue weighted by Crippen LogP contribution is 2.12. The molecular weight excluding hydrogens is 284 g/mol. The van der Waals surface area contributed by atoms with Gasteiger partial charge in [-0.2, -0.15) is 0 Å². The fourth-order valence-corrected chi connectivity index (χ4v) is 2.68. The monoisotopic (exact) mass is 308 g/mol. The summed E-state index contributed by atoms with van der Waals surface area (Å²) in [4.78, 5) is 16.8. The van der Waals surface area contributed by atoms with Crippen molar-refractivity contribution in [2.75, 3.05) is 32.7 Å². The second-order valence-corrected chi connectivity index (χ2v) is 6.64. The summed E-state index contributed by atoms with van der Waals surface area (Å²) in [5, 5.41) is 0.713. The average Bonchev–Trinajstić information content (AvgIpc) is 2.48. The van der Waals surface area contributed by atoms with E-state index in [0.717, 1.165) is 44.2 Å². The molecule has 116 valence electrons. The van der Waals surface area contributed by atoms with Crippen molar-refractivity contribution in [3.05, 3.63) is 34.9 Å². The molecule has 3 nitrogen and oxygen atoms in total. The highest BCUT2D eigenvalue weighted by Gasteiger charge is 2.20. The SMILES string of the molecule is CC(C)CCN1CCN(C(=O)Cc2ccc(Cl)cc2)CC1. The van der Waals surface area contributed by atoms with Crippen LogP contribution >= 0.6 is 11.6 Å². The van der Waals surface area contributed by atoms with Gasteiger partial charge in [0, 0.05) is 31.2 Å². The fraction of sp³-hybridized carbons (Fsp3) is 0.588. The second kappa shape index (κ2) is 7.81. The maximum atomic E-state index is 12.3. The summed E-state index contributed by atoms with van der Waals surface area (Å²) >= 11 is 5.86. The van der Waals surface area contributed by atoms with Crippen molar-refractivity contribution in [2.45, 2.75) is 26.7 Å². The lowest BCUT2D eigenvalue weighted by Crippen LogP contribution is -2.49. The van der Waals surface area contributed by atoms with Crippen molar-refractivity contribution in [3.8, 4) is 0 Å². The zero-order valence-electron chi connectivity index (χ0n) is 13.0. The molecule has 1 aromatic carbocycles. The summed E-state index contributed by atoms with van der Waals surface area (Å²) in [7, 11) is 0. The molecule has 1 aromatic rings. The Bertz CT molecular complexity index is 450. The van der Waals surface area contributed by atoms with Gasteiger partial charge in [-0.1, -0.05) is 37.6 Å². The van der Waals surface area contributed by atoms with Gasteiger partial charge in [0.1, 0.15) is 0 Å². The van der Waals surface area contributed by atoms with Gasteiger partial charge in [-0.3, -0.25) is 9.69 Å². The molecule has 0 aliphatic carbocycles. The Balaban J connectivity index is 1.76. The quantitative estimate of drug-likeness (QED) is 0.834. The number of amides is 1. The molecule has 0 saturated carbocycles. The molecule has 0 bridgehead atoms. The summed E-state index contributed by atoms with van der Waals surface area (Å²) in [6.07, 6.45) is 1.71. The number of piperazine rings is 1. The molecule has 0 radical (unpaired) electrons. The van der Waals surface area contributed by atoms with E-state index in [-0.39, 0.29) is 5.91 Å². The van der Waals surface area contributed by atoms with E-state index < -0.39 is 0 Å². The van der Waals surface area contributed by atoms with Crippen LogP contribution in [0.2, 0.25) is 5.02 Å². The predicted octanol–water partition coefficient (Wildman–Crippen LogP) is 3.07. The van der Waals surface area contributed by atoms with Gasteiger partial charge in [0.05, 0.1) is 6.42 Å². The van der Waals surface area contributed by atoms with Crippen LogP contribution in [0, 0.1) is 5.92 Å². The Hall–Kier alpha value is -1.06. The van der Waals surface area contributed by atoms with Crippen molar-refractivity contribution in [2.24, 2.45) is 5.92 Å². The van der Waals surface area contributed by atoms with Gasteiger partial charge in [-0.05, 0) is 36.6 Å². The number of carbonyl (C=O) groups excluding carboxylic acids is 1. The molecule has 1 aliphatic heterocycles. The van der Waals surface area contributed by atoms with Crippen LogP contribution in [-0.4, -0.2) is 48.4 Å². The summed E-state index contributed by atoms with van der Waals surface area (Å²) in [6, 6.07) is 7.54. The van der Waals surface area contributed by atoms with Gasteiger partial charge in [-0.15, -0.1) is 0 Å². The van der Waals surface area contributed by atoms with Gasteiger partial charge >= 0.3 is 0 Å². The summed E-state index contributed by atoms with van der Waals surface area (Å²) < 4.78 is 0. The lowest BCUT2D eigenvalue weighted by molar-refractivity contribution is -0.132. The summed E-state index contributed by atoms with van der Waals surface area (Å²) in [5.41, 5.74) is 1.03. The topological polar surface area (TPSA) is 23.6 Å². The van der Waals surface area contributed by atoms with E-state index in [1.165, 1.54) is 6.42 Å². The lowest BCUT2D eigenvalue weighted by atomic mass is 10.1. The molecule has 1 saturated heterocycles. The second-order valence-electron chi connectivity index (χ2n) is 6.21. The minimum absolute atomic E-state index is 0.223. The molecule has 0 N–H and O–H groups in total. The van der Waals surface area contributed by atoms with Crippen molar-refractivity contribution in [1.29, 1.82) is 0 Å². The molecule has 0 spiro atoms. The van der Waals surface area contributed by atoms with Crippen LogP contribution in [0.5, 0.6) is 0 Å². The summed E-state index contributed by atoms with van der Waals surface area (Å²) in [5.74, 6) is 0.968. The molecule has 0 aromatic heterocycles. The van der Waals surface area contributed by atoms with Crippen LogP contribution in [0.25, 0.3) is 0 Å². The molecule has 21 heavy (non-hydrogen) atoms. The zero-order chi connectivity index (χ0) is 15.2. The molecular formula is C17H25ClN2O. The molecule has 1 heterocycles. The van der Waals surface area contributed by atoms with Crippen molar-refractivity contribution in [1.82, 2.24) is 9.80 Å². The van der Waals surface area contributed by atoms with Gasteiger partial charge in [0.25, 0.3) is 0 Å². The molecule has 1 fully saturated rings. The molecule has 0 atom stereocenters. The average molecular weight is 309 g/mol. The van der Waals surface area contributed by atoms with E-state index in [1.807, 2.05) is 29.2 Å². The van der Waals surface area contributed by atoms with Crippen LogP contribution in [0.3, 0.4) is 0 Å². The third-order valence-electron chi connectivity index (χ3n) is 4.02. The smallest absolute Gasteiger partial charge is 0.227 e. The van der Waals surface area contributed by atoms with Crippen LogP contribution in [0.1, 0.15) is 25.8 Å². The fourth-order valence-electron chi connectivity index (χ4n) is 2.55. The van der Waals surface area contributed by atoms with Crippen LogP contribution in [0.4, 0.5) is 0 Å². The van der Waals surface area contributed by atoms with E-state index in [1.54, 1.807) is 0 Å². The van der Waals surface area contributed by atoms with Crippen LogP contribution < -0.4 is 0 Å². The minimum Gasteiger partial charge on any atom is -0.340 e. The third kappa shape index (κ3) is 5.33. The van der Waals surface area contributed by atoms with Crippen LogP contribution in [-0.2, 0) is 11.2 Å². The van der Waals surface area contributed by atoms with E-state index in [0.29, 0.717) is 11.4 Å². The maximum absolute atomic E-state index is 12.3. The first-order valence-corrected chi connectivity index (χ1v) is 8.17. The highest BCUT2D eigenvalue weighted by atomic mass is 35.5. The number of benzene rings is 1. The van der Waals surface area contributed by atoms with Gasteiger partial charge in [0.2, 0.25) is 5.91 Å². The number of halogens is 1. The first kappa shape index (κ1) is 16.3. The Morgan fingerprint density at radius 3 is 2.33 bits per heavy atom. The molecule has 2 rings (SSSR count). The molecule has 1 aliphatic rings. The van der Waals surface area contributed by atoms with Crippen molar-refractivity contribution >= 4 is 17.5 Å².